The number of nitrogens with zero attached hydrogens (tertiary/aromatic N) is 4. The Morgan fingerprint density at radius 2 is 1.53 bits per heavy atom. The van der Waals surface area contributed by atoms with Crippen molar-refractivity contribution in [2.24, 2.45) is 0 Å². The summed E-state index contributed by atoms with van der Waals surface area (Å²) in [5.41, 5.74) is 4.49. The van der Waals surface area contributed by atoms with Gasteiger partial charge in [-0.3, -0.25) is 4.72 Å². The van der Waals surface area contributed by atoms with Crippen molar-refractivity contribution in [1.82, 2.24) is 20.0 Å². The van der Waals surface area contributed by atoms with E-state index < -0.39 is 10.0 Å². The van der Waals surface area contributed by atoms with Crippen molar-refractivity contribution in [3.8, 4) is 17.4 Å². The van der Waals surface area contributed by atoms with Crippen LogP contribution in [0.1, 0.15) is 22.5 Å². The van der Waals surface area contributed by atoms with Crippen LogP contribution in [0.3, 0.4) is 0 Å². The van der Waals surface area contributed by atoms with Gasteiger partial charge in [0.2, 0.25) is 5.88 Å². The third-order valence-electron chi connectivity index (χ3n) is 5.16. The molecule has 2 aromatic heterocycles. The first-order valence-electron chi connectivity index (χ1n) is 9.97. The van der Waals surface area contributed by atoms with E-state index in [0.29, 0.717) is 23.1 Å². The Balaban J connectivity index is 1.44. The fraction of sp³-hybridized carbons (Fsp3) is 0.174. The number of rotatable bonds is 6. The summed E-state index contributed by atoms with van der Waals surface area (Å²) in [4.78, 5) is 0.205. The summed E-state index contributed by atoms with van der Waals surface area (Å²) in [7, 11) is -3.66. The zero-order chi connectivity index (χ0) is 22.9. The molecule has 2 heterocycles. The summed E-state index contributed by atoms with van der Waals surface area (Å²) in [5.74, 6) is 1.43. The van der Waals surface area contributed by atoms with Crippen molar-refractivity contribution in [2.75, 3.05) is 4.72 Å². The molecule has 0 bridgehead atoms. The van der Waals surface area contributed by atoms with E-state index in [4.69, 9.17) is 4.74 Å². The smallest absolute Gasteiger partial charge is 0.261 e. The first-order valence-corrected chi connectivity index (χ1v) is 11.5. The standard InChI is InChI=1S/C23H23N5O3S/c1-15-5-11-21(12-6-15)32(29,30)27-19-7-9-20(10-8-19)31-23-14-13-22(24-25-23)28-18(4)16(2)17(3)26-28/h5-14,27H,1-4H3. The Morgan fingerprint density at radius 3 is 2.09 bits per heavy atom. The number of aryl methyl sites for hydroxylation is 2. The first-order chi connectivity index (χ1) is 15.2. The minimum absolute atomic E-state index is 0.205. The van der Waals surface area contributed by atoms with Gasteiger partial charge in [0, 0.05) is 17.4 Å². The first kappa shape index (κ1) is 21.5. The minimum atomic E-state index is -3.66. The van der Waals surface area contributed by atoms with E-state index in [-0.39, 0.29) is 4.90 Å². The summed E-state index contributed by atoms with van der Waals surface area (Å²) in [6.45, 7) is 7.86. The maximum atomic E-state index is 12.5. The highest BCUT2D eigenvalue weighted by Gasteiger charge is 2.14. The summed E-state index contributed by atoms with van der Waals surface area (Å²) in [6.07, 6.45) is 0. The highest BCUT2D eigenvalue weighted by atomic mass is 32.2. The summed E-state index contributed by atoms with van der Waals surface area (Å²) < 4.78 is 35.1. The summed E-state index contributed by atoms with van der Waals surface area (Å²) in [6, 6.07) is 16.7. The molecule has 0 aliphatic carbocycles. The van der Waals surface area contributed by atoms with Gasteiger partial charge in [-0.05, 0) is 75.7 Å². The predicted octanol–water partition coefficient (Wildman–Crippen LogP) is 4.49. The van der Waals surface area contributed by atoms with Gasteiger partial charge < -0.3 is 4.74 Å². The Morgan fingerprint density at radius 1 is 0.844 bits per heavy atom. The molecule has 0 fully saturated rings. The fourth-order valence-electron chi connectivity index (χ4n) is 3.07. The van der Waals surface area contributed by atoms with Crippen LogP contribution in [0.15, 0.2) is 65.6 Å². The number of nitrogens with one attached hydrogen (secondary N) is 1. The Labute approximate surface area is 187 Å². The second-order valence-electron chi connectivity index (χ2n) is 7.48. The van der Waals surface area contributed by atoms with Gasteiger partial charge in [0.05, 0.1) is 10.6 Å². The lowest BCUT2D eigenvalue weighted by Gasteiger charge is -2.10. The maximum Gasteiger partial charge on any atom is 0.261 e. The molecule has 32 heavy (non-hydrogen) atoms. The van der Waals surface area contributed by atoms with Crippen molar-refractivity contribution < 1.29 is 13.2 Å². The lowest BCUT2D eigenvalue weighted by atomic mass is 10.2. The van der Waals surface area contributed by atoms with Crippen LogP contribution < -0.4 is 9.46 Å². The molecule has 1 N–H and O–H groups in total. The lowest BCUT2D eigenvalue weighted by Crippen LogP contribution is -2.12. The lowest BCUT2D eigenvalue weighted by molar-refractivity contribution is 0.454. The molecule has 0 radical (unpaired) electrons. The highest BCUT2D eigenvalue weighted by Crippen LogP contribution is 2.24. The average Bonchev–Trinajstić information content (AvgIpc) is 3.03. The SMILES string of the molecule is Cc1ccc(S(=O)(=O)Nc2ccc(Oc3ccc(-n4nc(C)c(C)c4C)nn3)cc2)cc1. The number of hydrogen-bond acceptors (Lipinski definition) is 6. The largest absolute Gasteiger partial charge is 0.438 e. The summed E-state index contributed by atoms with van der Waals surface area (Å²) in [5, 5.41) is 12.8. The van der Waals surface area contributed by atoms with E-state index in [1.54, 1.807) is 65.3 Å². The number of anilines is 1. The number of ether oxygens (including phenoxy) is 1. The van der Waals surface area contributed by atoms with Crippen molar-refractivity contribution >= 4 is 15.7 Å². The molecule has 0 unspecified atom stereocenters. The number of sulfonamides is 1. The molecule has 0 atom stereocenters. The molecule has 4 aromatic rings. The Bertz CT molecular complexity index is 1340. The Kier molecular flexibility index (Phi) is 5.67. The van der Waals surface area contributed by atoms with Crippen LogP contribution >= 0.6 is 0 Å². The highest BCUT2D eigenvalue weighted by molar-refractivity contribution is 7.92. The van der Waals surface area contributed by atoms with Gasteiger partial charge in [0.1, 0.15) is 5.75 Å². The van der Waals surface area contributed by atoms with Crippen molar-refractivity contribution in [2.45, 2.75) is 32.6 Å². The van der Waals surface area contributed by atoms with Crippen LogP contribution in [0.2, 0.25) is 0 Å². The van der Waals surface area contributed by atoms with E-state index in [1.165, 1.54) is 0 Å². The van der Waals surface area contributed by atoms with Crippen LogP contribution in [-0.4, -0.2) is 28.4 Å². The number of benzene rings is 2. The maximum absolute atomic E-state index is 12.5. The molecular weight excluding hydrogens is 426 g/mol. The molecule has 0 aliphatic heterocycles. The van der Waals surface area contributed by atoms with Gasteiger partial charge in [0.15, 0.2) is 5.82 Å². The number of aromatic nitrogens is 4. The van der Waals surface area contributed by atoms with E-state index in [0.717, 1.165) is 22.5 Å². The van der Waals surface area contributed by atoms with Gasteiger partial charge >= 0.3 is 0 Å². The minimum Gasteiger partial charge on any atom is -0.438 e. The molecule has 8 nitrogen and oxygen atoms in total. The van der Waals surface area contributed by atoms with Gasteiger partial charge in [-0.1, -0.05) is 17.7 Å². The van der Waals surface area contributed by atoms with Crippen LogP contribution in [-0.2, 0) is 10.0 Å². The fourth-order valence-corrected chi connectivity index (χ4v) is 4.13. The summed E-state index contributed by atoms with van der Waals surface area (Å²) >= 11 is 0. The van der Waals surface area contributed by atoms with Crippen LogP contribution in [0.5, 0.6) is 11.6 Å². The van der Waals surface area contributed by atoms with E-state index >= 15 is 0 Å². The van der Waals surface area contributed by atoms with Gasteiger partial charge in [-0.15, -0.1) is 10.2 Å². The predicted molar refractivity (Wildman–Crippen MR) is 122 cm³/mol. The molecule has 0 spiro atoms. The third kappa shape index (κ3) is 4.47. The van der Waals surface area contributed by atoms with Crippen molar-refractivity contribution in [3.63, 3.8) is 0 Å². The Hall–Kier alpha value is -3.72. The van der Waals surface area contributed by atoms with Gasteiger partial charge in [-0.2, -0.15) is 5.10 Å². The van der Waals surface area contributed by atoms with Gasteiger partial charge in [0.25, 0.3) is 10.0 Å². The van der Waals surface area contributed by atoms with E-state index in [1.807, 2.05) is 27.7 Å². The van der Waals surface area contributed by atoms with Crippen LogP contribution in [0, 0.1) is 27.7 Å². The quantitative estimate of drug-likeness (QED) is 0.466. The van der Waals surface area contributed by atoms with Gasteiger partial charge in [-0.25, -0.2) is 13.1 Å². The molecular formula is C23H23N5O3S. The molecule has 0 amide bonds. The molecule has 9 heteroatoms. The molecule has 0 aliphatic rings. The second kappa shape index (κ2) is 8.43. The average molecular weight is 450 g/mol. The third-order valence-corrected chi connectivity index (χ3v) is 6.55. The number of hydrogen-bond donors (Lipinski definition) is 1. The van der Waals surface area contributed by atoms with E-state index in [2.05, 4.69) is 20.0 Å². The van der Waals surface area contributed by atoms with Crippen molar-refractivity contribution in [1.29, 1.82) is 0 Å². The van der Waals surface area contributed by atoms with Crippen LogP contribution in [0.4, 0.5) is 5.69 Å². The zero-order valence-corrected chi connectivity index (χ0v) is 19.0. The normalized spacial score (nSPS) is 11.4. The molecule has 4 rings (SSSR count). The molecule has 164 valence electrons. The monoisotopic (exact) mass is 449 g/mol. The topological polar surface area (TPSA) is 99.0 Å². The van der Waals surface area contributed by atoms with Crippen LogP contribution in [0.25, 0.3) is 5.82 Å². The van der Waals surface area contributed by atoms with Crippen molar-refractivity contribution in [3.05, 3.63) is 83.2 Å². The molecule has 2 aromatic carbocycles. The molecule has 0 saturated carbocycles. The zero-order valence-electron chi connectivity index (χ0n) is 18.2. The molecule has 0 saturated heterocycles. The second-order valence-corrected chi connectivity index (χ2v) is 9.16. The van der Waals surface area contributed by atoms with E-state index in [9.17, 15) is 8.42 Å².